The molecule has 5 heteroatoms. The van der Waals surface area contributed by atoms with E-state index in [0.717, 1.165) is 25.9 Å². The molecule has 1 aliphatic rings. The summed E-state index contributed by atoms with van der Waals surface area (Å²) in [6, 6.07) is 4.64. The van der Waals surface area contributed by atoms with Crippen LogP contribution in [0.3, 0.4) is 0 Å². The summed E-state index contributed by atoms with van der Waals surface area (Å²) in [4.78, 5) is 2.05. The normalized spacial score (nSPS) is 19.6. The van der Waals surface area contributed by atoms with Gasteiger partial charge in [-0.3, -0.25) is 0 Å². The molecule has 1 fully saturated rings. The molecule has 1 saturated heterocycles. The second kappa shape index (κ2) is 6.04. The van der Waals surface area contributed by atoms with Gasteiger partial charge in [-0.2, -0.15) is 13.2 Å². The Morgan fingerprint density at radius 2 is 2.10 bits per heavy atom. The van der Waals surface area contributed by atoms with E-state index >= 15 is 0 Å². The number of halogens is 3. The minimum atomic E-state index is -4.32. The molecule has 1 aliphatic heterocycles. The fourth-order valence-electron chi connectivity index (χ4n) is 2.80. The highest BCUT2D eigenvalue weighted by Crippen LogP contribution is 2.36. The van der Waals surface area contributed by atoms with Crippen LogP contribution < -0.4 is 10.6 Å². The van der Waals surface area contributed by atoms with Crippen molar-refractivity contribution in [2.45, 2.75) is 32.4 Å². The van der Waals surface area contributed by atoms with E-state index in [2.05, 4.69) is 11.8 Å². The van der Waals surface area contributed by atoms with E-state index < -0.39 is 11.7 Å². The molecule has 0 radical (unpaired) electrons. The van der Waals surface area contributed by atoms with Crippen LogP contribution in [0.5, 0.6) is 0 Å². The van der Waals surface area contributed by atoms with E-state index in [1.165, 1.54) is 6.07 Å². The molecule has 0 spiro atoms. The van der Waals surface area contributed by atoms with Crippen molar-refractivity contribution in [1.29, 1.82) is 0 Å². The van der Waals surface area contributed by atoms with Crippen molar-refractivity contribution in [2.24, 2.45) is 11.7 Å². The lowest BCUT2D eigenvalue weighted by Crippen LogP contribution is -2.21. The van der Waals surface area contributed by atoms with Gasteiger partial charge in [-0.05, 0) is 43.0 Å². The van der Waals surface area contributed by atoms with Crippen molar-refractivity contribution >= 4 is 5.69 Å². The van der Waals surface area contributed by atoms with Crippen LogP contribution in [0, 0.1) is 5.92 Å². The molecule has 0 aromatic heterocycles. The van der Waals surface area contributed by atoms with Crippen molar-refractivity contribution in [3.05, 3.63) is 29.3 Å². The summed E-state index contributed by atoms with van der Waals surface area (Å²) in [5.41, 5.74) is 5.81. The third-order valence-electron chi connectivity index (χ3n) is 4.04. The number of nitrogens with two attached hydrogens (primary N) is 1. The molecule has 2 nitrogen and oxygen atoms in total. The van der Waals surface area contributed by atoms with Crippen LogP contribution >= 0.6 is 0 Å². The van der Waals surface area contributed by atoms with Crippen LogP contribution in [-0.4, -0.2) is 19.6 Å². The van der Waals surface area contributed by atoms with Gasteiger partial charge in [0.05, 0.1) is 5.56 Å². The number of alkyl halides is 3. The molecule has 1 unspecified atom stereocenters. The third kappa shape index (κ3) is 3.26. The van der Waals surface area contributed by atoms with Crippen LogP contribution in [0.25, 0.3) is 0 Å². The number of rotatable bonds is 4. The third-order valence-corrected chi connectivity index (χ3v) is 4.04. The van der Waals surface area contributed by atoms with Crippen LogP contribution in [0.2, 0.25) is 0 Å². The minimum absolute atomic E-state index is 0.226. The average molecular weight is 286 g/mol. The monoisotopic (exact) mass is 286 g/mol. The van der Waals surface area contributed by atoms with E-state index in [1.807, 2.05) is 0 Å². The zero-order valence-corrected chi connectivity index (χ0v) is 11.7. The molecule has 1 atom stereocenters. The topological polar surface area (TPSA) is 29.3 Å². The Morgan fingerprint density at radius 1 is 1.35 bits per heavy atom. The molecule has 2 N–H and O–H groups in total. The van der Waals surface area contributed by atoms with Crippen LogP contribution in [-0.2, 0) is 12.6 Å². The maximum absolute atomic E-state index is 13.1. The Labute approximate surface area is 117 Å². The first kappa shape index (κ1) is 15.2. The van der Waals surface area contributed by atoms with Crippen molar-refractivity contribution < 1.29 is 13.2 Å². The standard InChI is InChI=1S/C15H21F3N2/c1-2-11-6-8-20(10-11)13-4-3-12(5-7-19)14(9-13)15(16,17)18/h3-4,9,11H,2,5-8,10,19H2,1H3. The van der Waals surface area contributed by atoms with Crippen LogP contribution in [0.15, 0.2) is 18.2 Å². The molecule has 0 saturated carbocycles. The summed E-state index contributed by atoms with van der Waals surface area (Å²) < 4.78 is 39.4. The summed E-state index contributed by atoms with van der Waals surface area (Å²) in [7, 11) is 0. The lowest BCUT2D eigenvalue weighted by atomic mass is 10.0. The van der Waals surface area contributed by atoms with E-state index in [1.54, 1.807) is 12.1 Å². The van der Waals surface area contributed by atoms with E-state index in [-0.39, 0.29) is 18.5 Å². The average Bonchev–Trinajstić information content (AvgIpc) is 2.87. The fraction of sp³-hybridized carbons (Fsp3) is 0.600. The molecule has 1 aromatic rings. The zero-order valence-electron chi connectivity index (χ0n) is 11.7. The van der Waals surface area contributed by atoms with Gasteiger partial charge in [0.2, 0.25) is 0 Å². The highest BCUT2D eigenvalue weighted by atomic mass is 19.4. The maximum Gasteiger partial charge on any atom is 0.416 e. The highest BCUT2D eigenvalue weighted by molar-refractivity contribution is 5.52. The fourth-order valence-corrected chi connectivity index (χ4v) is 2.80. The smallest absolute Gasteiger partial charge is 0.371 e. The second-order valence-electron chi connectivity index (χ2n) is 5.39. The van der Waals surface area contributed by atoms with E-state index in [0.29, 0.717) is 11.6 Å². The molecule has 1 heterocycles. The van der Waals surface area contributed by atoms with Gasteiger partial charge in [-0.15, -0.1) is 0 Å². The number of hydrogen-bond acceptors (Lipinski definition) is 2. The Balaban J connectivity index is 2.28. The number of nitrogens with zero attached hydrogens (tertiary/aromatic N) is 1. The van der Waals surface area contributed by atoms with Gasteiger partial charge in [0.1, 0.15) is 0 Å². The highest BCUT2D eigenvalue weighted by Gasteiger charge is 2.34. The quantitative estimate of drug-likeness (QED) is 0.918. The molecule has 2 rings (SSSR count). The predicted octanol–water partition coefficient (Wildman–Crippen LogP) is 3.44. The van der Waals surface area contributed by atoms with E-state index in [4.69, 9.17) is 5.73 Å². The molecule has 1 aromatic carbocycles. The van der Waals surface area contributed by atoms with Gasteiger partial charge in [0.15, 0.2) is 0 Å². The maximum atomic E-state index is 13.1. The Morgan fingerprint density at radius 3 is 2.65 bits per heavy atom. The first-order valence-electron chi connectivity index (χ1n) is 7.10. The first-order valence-corrected chi connectivity index (χ1v) is 7.10. The van der Waals surface area contributed by atoms with Gasteiger partial charge in [0, 0.05) is 18.8 Å². The lowest BCUT2D eigenvalue weighted by Gasteiger charge is -2.21. The van der Waals surface area contributed by atoms with Gasteiger partial charge < -0.3 is 10.6 Å². The van der Waals surface area contributed by atoms with Crippen molar-refractivity contribution in [3.8, 4) is 0 Å². The second-order valence-corrected chi connectivity index (χ2v) is 5.39. The van der Waals surface area contributed by atoms with Crippen molar-refractivity contribution in [1.82, 2.24) is 0 Å². The summed E-state index contributed by atoms with van der Waals surface area (Å²) in [6.07, 6.45) is -1.92. The largest absolute Gasteiger partial charge is 0.416 e. The Hall–Kier alpha value is -1.23. The Kier molecular flexibility index (Phi) is 4.58. The number of hydrogen-bond donors (Lipinski definition) is 1. The molecule has 0 aliphatic carbocycles. The van der Waals surface area contributed by atoms with Crippen LogP contribution in [0.4, 0.5) is 18.9 Å². The Bertz CT molecular complexity index is 457. The van der Waals surface area contributed by atoms with Gasteiger partial charge >= 0.3 is 6.18 Å². The summed E-state index contributed by atoms with van der Waals surface area (Å²) in [6.45, 7) is 4.04. The zero-order chi connectivity index (χ0) is 14.8. The molecule has 0 amide bonds. The summed E-state index contributed by atoms with van der Waals surface area (Å²) >= 11 is 0. The first-order chi connectivity index (χ1) is 9.45. The van der Waals surface area contributed by atoms with Gasteiger partial charge in [-0.25, -0.2) is 0 Å². The summed E-state index contributed by atoms with van der Waals surface area (Å²) in [5.74, 6) is 0.591. The molecular formula is C15H21F3N2. The number of benzene rings is 1. The molecule has 0 bridgehead atoms. The summed E-state index contributed by atoms with van der Waals surface area (Å²) in [5, 5.41) is 0. The molecule has 112 valence electrons. The number of anilines is 1. The van der Waals surface area contributed by atoms with Crippen molar-refractivity contribution in [3.63, 3.8) is 0 Å². The van der Waals surface area contributed by atoms with Crippen LogP contribution in [0.1, 0.15) is 30.9 Å². The van der Waals surface area contributed by atoms with Gasteiger partial charge in [-0.1, -0.05) is 19.4 Å². The van der Waals surface area contributed by atoms with Gasteiger partial charge in [0.25, 0.3) is 0 Å². The molecular weight excluding hydrogens is 265 g/mol. The molecule has 20 heavy (non-hydrogen) atoms. The predicted molar refractivity (Wildman–Crippen MR) is 74.8 cm³/mol. The lowest BCUT2D eigenvalue weighted by molar-refractivity contribution is -0.138. The SMILES string of the molecule is CCC1CCN(c2ccc(CCN)c(C(F)(F)F)c2)C1. The minimum Gasteiger partial charge on any atom is -0.371 e. The van der Waals surface area contributed by atoms with Crippen molar-refractivity contribution in [2.75, 3.05) is 24.5 Å². The van der Waals surface area contributed by atoms with E-state index in [9.17, 15) is 13.2 Å².